The van der Waals surface area contributed by atoms with Crippen molar-refractivity contribution in [3.63, 3.8) is 0 Å². The van der Waals surface area contributed by atoms with Crippen LogP contribution in [0.1, 0.15) is 41.3 Å². The number of nitrogens with zero attached hydrogens (tertiary/aromatic N) is 3. The Balaban J connectivity index is 1.56. The molecule has 0 atom stereocenters. The van der Waals surface area contributed by atoms with Gasteiger partial charge in [-0.05, 0) is 61.1 Å². The maximum absolute atomic E-state index is 14.3. The summed E-state index contributed by atoms with van der Waals surface area (Å²) in [5.74, 6) is -1.91. The van der Waals surface area contributed by atoms with Gasteiger partial charge in [-0.1, -0.05) is 17.7 Å². The van der Waals surface area contributed by atoms with Crippen LogP contribution in [-0.4, -0.2) is 41.3 Å². The number of anilines is 1. The molecular formula is C23H21ClF4N4O2. The molecule has 0 unspecified atom stereocenters. The summed E-state index contributed by atoms with van der Waals surface area (Å²) in [6.45, 7) is 1.38. The van der Waals surface area contributed by atoms with Crippen molar-refractivity contribution in [3.8, 4) is 0 Å². The molecule has 6 nitrogen and oxygen atoms in total. The highest BCUT2D eigenvalue weighted by atomic mass is 35.5. The van der Waals surface area contributed by atoms with Crippen molar-refractivity contribution < 1.29 is 27.2 Å². The van der Waals surface area contributed by atoms with E-state index in [9.17, 15) is 27.2 Å². The molecule has 34 heavy (non-hydrogen) atoms. The van der Waals surface area contributed by atoms with Gasteiger partial charge in [0.1, 0.15) is 23.8 Å². The molecule has 2 aromatic rings. The van der Waals surface area contributed by atoms with Gasteiger partial charge in [-0.25, -0.2) is 9.37 Å². The van der Waals surface area contributed by atoms with Crippen LogP contribution in [0, 0.1) is 12.7 Å². The van der Waals surface area contributed by atoms with Crippen molar-refractivity contribution in [3.05, 3.63) is 64.4 Å². The Morgan fingerprint density at radius 2 is 1.88 bits per heavy atom. The van der Waals surface area contributed by atoms with Crippen LogP contribution in [0.5, 0.6) is 0 Å². The molecule has 2 amide bonds. The SMILES string of the molecule is Cc1ccc(N2CCN(C(=O)C(N)=C(Cl)c3cc(C4CC4)cc(C(F)(F)F)n3)CC2=O)c(F)c1. The summed E-state index contributed by atoms with van der Waals surface area (Å²) < 4.78 is 54.2. The summed E-state index contributed by atoms with van der Waals surface area (Å²) in [6, 6.07) is 6.84. The van der Waals surface area contributed by atoms with Gasteiger partial charge in [0.25, 0.3) is 5.91 Å². The summed E-state index contributed by atoms with van der Waals surface area (Å²) in [5, 5.41) is -0.419. The molecule has 1 aromatic carbocycles. The zero-order valence-corrected chi connectivity index (χ0v) is 18.9. The predicted octanol–water partition coefficient (Wildman–Crippen LogP) is 4.17. The molecule has 11 heteroatoms. The fraction of sp³-hybridized carbons (Fsp3) is 0.348. The topological polar surface area (TPSA) is 79.5 Å². The summed E-state index contributed by atoms with van der Waals surface area (Å²) in [4.78, 5) is 31.4. The molecule has 1 aromatic heterocycles. The zero-order valence-electron chi connectivity index (χ0n) is 18.1. The van der Waals surface area contributed by atoms with Crippen LogP contribution in [0.4, 0.5) is 23.2 Å². The number of hydrogen-bond donors (Lipinski definition) is 1. The maximum atomic E-state index is 14.3. The number of nitrogens with two attached hydrogens (primary N) is 1. The minimum Gasteiger partial charge on any atom is -0.393 e. The highest BCUT2D eigenvalue weighted by Crippen LogP contribution is 2.42. The Morgan fingerprint density at radius 1 is 1.18 bits per heavy atom. The van der Waals surface area contributed by atoms with E-state index >= 15 is 0 Å². The smallest absolute Gasteiger partial charge is 0.393 e. The molecule has 2 N–H and O–H groups in total. The molecule has 1 aliphatic carbocycles. The molecule has 0 radical (unpaired) electrons. The first-order chi connectivity index (χ1) is 16.0. The summed E-state index contributed by atoms with van der Waals surface area (Å²) in [6.07, 6.45) is -3.18. The molecule has 2 heterocycles. The number of aryl methyl sites for hydroxylation is 1. The van der Waals surface area contributed by atoms with Crippen molar-refractivity contribution >= 4 is 34.1 Å². The molecule has 1 aliphatic heterocycles. The number of pyridine rings is 1. The number of piperazine rings is 1. The number of benzene rings is 1. The second kappa shape index (κ2) is 8.90. The third-order valence-corrected chi connectivity index (χ3v) is 6.18. The fourth-order valence-corrected chi connectivity index (χ4v) is 3.97. The largest absolute Gasteiger partial charge is 0.433 e. The molecule has 4 rings (SSSR count). The van der Waals surface area contributed by atoms with Gasteiger partial charge in [0.15, 0.2) is 0 Å². The number of carbonyl (C=O) groups excluding carboxylic acids is 2. The van der Waals surface area contributed by atoms with Crippen LogP contribution in [0.3, 0.4) is 0 Å². The van der Waals surface area contributed by atoms with E-state index in [0.29, 0.717) is 11.1 Å². The van der Waals surface area contributed by atoms with E-state index in [-0.39, 0.29) is 36.9 Å². The monoisotopic (exact) mass is 496 g/mol. The first-order valence-electron chi connectivity index (χ1n) is 10.6. The third kappa shape index (κ3) is 4.86. The first kappa shape index (κ1) is 24.0. The van der Waals surface area contributed by atoms with Crippen LogP contribution >= 0.6 is 11.6 Å². The molecule has 0 spiro atoms. The number of aromatic nitrogens is 1. The van der Waals surface area contributed by atoms with Gasteiger partial charge in [-0.3, -0.25) is 9.59 Å². The number of alkyl halides is 3. The van der Waals surface area contributed by atoms with Gasteiger partial charge in [0, 0.05) is 13.1 Å². The minimum atomic E-state index is -4.69. The van der Waals surface area contributed by atoms with Crippen molar-refractivity contribution in [2.24, 2.45) is 5.73 Å². The van der Waals surface area contributed by atoms with E-state index in [0.717, 1.165) is 23.8 Å². The molecule has 0 bridgehead atoms. The van der Waals surface area contributed by atoms with Gasteiger partial charge in [-0.2, -0.15) is 13.2 Å². The van der Waals surface area contributed by atoms with Crippen LogP contribution < -0.4 is 10.6 Å². The summed E-state index contributed by atoms with van der Waals surface area (Å²) in [5.41, 5.74) is 5.25. The number of hydrogen-bond acceptors (Lipinski definition) is 4. The van der Waals surface area contributed by atoms with Gasteiger partial charge < -0.3 is 15.5 Å². The molecule has 2 fully saturated rings. The fourth-order valence-electron chi connectivity index (χ4n) is 3.80. The van der Waals surface area contributed by atoms with E-state index < -0.39 is 40.2 Å². The van der Waals surface area contributed by atoms with E-state index in [1.54, 1.807) is 13.0 Å². The predicted molar refractivity (Wildman–Crippen MR) is 118 cm³/mol. The number of amides is 2. The lowest BCUT2D eigenvalue weighted by Gasteiger charge is -2.34. The van der Waals surface area contributed by atoms with Crippen molar-refractivity contribution in [2.75, 3.05) is 24.5 Å². The van der Waals surface area contributed by atoms with Crippen LogP contribution in [0.15, 0.2) is 36.0 Å². The first-order valence-corrected chi connectivity index (χ1v) is 10.9. The second-order valence-corrected chi connectivity index (χ2v) is 8.78. The van der Waals surface area contributed by atoms with Crippen LogP contribution in [-0.2, 0) is 15.8 Å². The maximum Gasteiger partial charge on any atom is 0.433 e. The lowest BCUT2D eigenvalue weighted by molar-refractivity contribution is -0.141. The second-order valence-electron chi connectivity index (χ2n) is 8.40. The number of halogens is 5. The summed E-state index contributed by atoms with van der Waals surface area (Å²) in [7, 11) is 0. The molecule has 2 aliphatic rings. The highest BCUT2D eigenvalue weighted by molar-refractivity contribution is 6.50. The van der Waals surface area contributed by atoms with E-state index in [2.05, 4.69) is 4.98 Å². The quantitative estimate of drug-likeness (QED) is 0.509. The van der Waals surface area contributed by atoms with Crippen LogP contribution in [0.25, 0.3) is 5.03 Å². The standard InChI is InChI=1S/C23H21ClF4N4O2/c1-12-2-5-17(15(25)8-12)32-7-6-31(11-19(32)33)22(34)21(29)20(24)16-9-14(13-3-4-13)10-18(30-16)23(26,27)28/h2,5,8-10,13H,3-4,6-7,11,29H2,1H3. The summed E-state index contributed by atoms with van der Waals surface area (Å²) >= 11 is 6.22. The average molecular weight is 497 g/mol. The van der Waals surface area contributed by atoms with Crippen molar-refractivity contribution in [1.29, 1.82) is 0 Å². The van der Waals surface area contributed by atoms with Gasteiger partial charge in [0.2, 0.25) is 5.91 Å². The molecular weight excluding hydrogens is 476 g/mol. The molecule has 180 valence electrons. The lowest BCUT2D eigenvalue weighted by Crippen LogP contribution is -2.53. The Kier molecular flexibility index (Phi) is 6.28. The number of carbonyl (C=O) groups is 2. The zero-order chi connectivity index (χ0) is 24.8. The Bertz CT molecular complexity index is 1190. The van der Waals surface area contributed by atoms with Crippen molar-refractivity contribution in [1.82, 2.24) is 9.88 Å². The lowest BCUT2D eigenvalue weighted by atomic mass is 10.1. The molecule has 1 saturated heterocycles. The van der Waals surface area contributed by atoms with E-state index in [4.69, 9.17) is 17.3 Å². The molecule has 1 saturated carbocycles. The van der Waals surface area contributed by atoms with E-state index in [1.165, 1.54) is 23.1 Å². The van der Waals surface area contributed by atoms with Crippen molar-refractivity contribution in [2.45, 2.75) is 31.9 Å². The Morgan fingerprint density at radius 3 is 2.47 bits per heavy atom. The average Bonchev–Trinajstić information content (AvgIpc) is 3.63. The number of rotatable bonds is 4. The van der Waals surface area contributed by atoms with Gasteiger partial charge >= 0.3 is 6.18 Å². The van der Waals surface area contributed by atoms with E-state index in [1.807, 2.05) is 0 Å². The minimum absolute atomic E-state index is 0.0166. The Labute approximate surface area is 198 Å². The van der Waals surface area contributed by atoms with Gasteiger partial charge in [-0.15, -0.1) is 0 Å². The third-order valence-electron chi connectivity index (χ3n) is 5.78. The normalized spacial score (nSPS) is 17.6. The Hall–Kier alpha value is -3.14. The van der Waals surface area contributed by atoms with Gasteiger partial charge in [0.05, 0.1) is 16.4 Å². The van der Waals surface area contributed by atoms with Crippen LogP contribution in [0.2, 0.25) is 0 Å². The highest BCUT2D eigenvalue weighted by Gasteiger charge is 2.36.